The third-order valence-electron chi connectivity index (χ3n) is 9.03. The van der Waals surface area contributed by atoms with Gasteiger partial charge in [0.05, 0.1) is 0 Å². The Hall–Kier alpha value is -3.37. The molecule has 319 valence electrons. The number of nitrogens with zero attached hydrogens (tertiary/aromatic N) is 2. The summed E-state index contributed by atoms with van der Waals surface area (Å²) in [6.07, 6.45) is 7.00. The summed E-state index contributed by atoms with van der Waals surface area (Å²) in [7, 11) is 0. The van der Waals surface area contributed by atoms with Crippen molar-refractivity contribution in [1.82, 2.24) is 9.97 Å². The van der Waals surface area contributed by atoms with Gasteiger partial charge in [-0.25, -0.2) is 0 Å². The Labute approximate surface area is 384 Å². The molecule has 0 unspecified atom stereocenters. The maximum absolute atomic E-state index is 12.3. The fourth-order valence-electron chi connectivity index (χ4n) is 5.78. The largest absolute Gasteiger partial charge is 3.00 e. The molecule has 0 spiro atoms. The van der Waals surface area contributed by atoms with E-state index in [1.54, 1.807) is 24.8 Å². The van der Waals surface area contributed by atoms with Crippen LogP contribution in [-0.4, -0.2) is 9.97 Å². The number of pyridine rings is 2. The van der Waals surface area contributed by atoms with Gasteiger partial charge in [-0.3, -0.25) is 9.97 Å². The van der Waals surface area contributed by atoms with Gasteiger partial charge in [-0.2, -0.15) is 0 Å². The van der Waals surface area contributed by atoms with Crippen molar-refractivity contribution in [2.75, 3.05) is 0 Å². The fraction of sp³-hybridized carbons (Fsp3) is 0.462. The quantitative estimate of drug-likeness (QED) is 0.154. The first-order valence-corrected chi connectivity index (χ1v) is 20.0. The van der Waals surface area contributed by atoms with Crippen LogP contribution in [0.4, 0.5) is 0 Å². The minimum atomic E-state index is -0.0711. The Morgan fingerprint density at radius 3 is 0.517 bits per heavy atom. The molecule has 0 saturated heterocycles. The number of hydrogen-bond acceptors (Lipinski definition) is 5. The van der Waals surface area contributed by atoms with Crippen LogP contribution in [0.15, 0.2) is 116 Å². The van der Waals surface area contributed by atoms with Gasteiger partial charge in [0, 0.05) is 24.8 Å². The van der Waals surface area contributed by atoms with E-state index in [0.29, 0.717) is 0 Å². The minimum Gasteiger partial charge on any atom is -0.872 e. The van der Waals surface area contributed by atoms with Crippen LogP contribution in [0.1, 0.15) is 158 Å². The fourth-order valence-corrected chi connectivity index (χ4v) is 5.78. The van der Waals surface area contributed by atoms with Crippen LogP contribution < -0.4 is 15.3 Å². The predicted octanol–water partition coefficient (Wildman–Crippen LogP) is 12.2. The number of hydrogen-bond donors (Lipinski definition) is 0. The second-order valence-corrected chi connectivity index (χ2v) is 20.6. The molecule has 0 aliphatic heterocycles. The molecule has 0 bridgehead atoms. The van der Waals surface area contributed by atoms with Crippen molar-refractivity contribution in [2.45, 2.75) is 157 Å². The molecule has 5 aromatic rings. The van der Waals surface area contributed by atoms with Crippen molar-refractivity contribution in [3.8, 4) is 17.2 Å². The van der Waals surface area contributed by atoms with E-state index < -0.39 is 0 Å². The number of benzene rings is 3. The van der Waals surface area contributed by atoms with E-state index in [-0.39, 0.29) is 87.9 Å². The average molecular weight is 937 g/mol. The van der Waals surface area contributed by atoms with E-state index in [4.69, 9.17) is 0 Å². The van der Waals surface area contributed by atoms with E-state index in [0.717, 1.165) is 33.4 Å². The molecule has 58 heavy (non-hydrogen) atoms. The minimum absolute atomic E-state index is 0. The average Bonchev–Trinajstić information content (AvgIpc) is 3.08. The Balaban J connectivity index is 0.000000728. The van der Waals surface area contributed by atoms with Gasteiger partial charge in [0.2, 0.25) is 0 Å². The van der Waals surface area contributed by atoms with E-state index in [2.05, 4.69) is 135 Å². The summed E-state index contributed by atoms with van der Waals surface area (Å²) in [4.78, 5) is 7.57. The van der Waals surface area contributed by atoms with E-state index in [1.807, 2.05) is 91.0 Å². The molecule has 5 rings (SSSR count). The first kappa shape index (κ1) is 54.6. The standard InChI is InChI=1S/3C14H22O.2C5H5N.Dy/c3*1-13(2,3)10-8-7-9-11(12(10)15)14(4,5)6;2*1-2-4-6-5-3-1;/h3*7-9,15H,1-6H3;2*1-5H;/q;;;;;+3/p-3. The zero-order valence-corrected chi connectivity index (χ0v) is 40.9. The van der Waals surface area contributed by atoms with Crippen LogP contribution >= 0.6 is 0 Å². The number of aromatic nitrogens is 2. The monoisotopic (exact) mass is 937 g/mol. The van der Waals surface area contributed by atoms with Crippen LogP contribution in [-0.2, 0) is 32.5 Å². The molecule has 0 N–H and O–H groups in total. The first-order chi connectivity index (χ1) is 25.9. The van der Waals surface area contributed by atoms with Crippen LogP contribution in [0.25, 0.3) is 0 Å². The summed E-state index contributed by atoms with van der Waals surface area (Å²) < 4.78 is 0. The van der Waals surface area contributed by atoms with Crippen molar-refractivity contribution in [3.63, 3.8) is 0 Å². The maximum Gasteiger partial charge on any atom is 3.00 e. The molecule has 6 heteroatoms. The summed E-state index contributed by atoms with van der Waals surface area (Å²) >= 11 is 0. The smallest absolute Gasteiger partial charge is 0.872 e. The van der Waals surface area contributed by atoms with E-state index in [9.17, 15) is 15.3 Å². The molecule has 0 saturated carbocycles. The molecule has 0 aliphatic rings. The molecule has 2 heterocycles. The van der Waals surface area contributed by atoms with Crippen LogP contribution in [0.2, 0.25) is 0 Å². The first-order valence-electron chi connectivity index (χ1n) is 20.0. The van der Waals surface area contributed by atoms with Gasteiger partial charge in [-0.1, -0.05) is 225 Å². The molecule has 5 nitrogen and oxygen atoms in total. The molecule has 1 radical (unpaired) electrons. The second kappa shape index (κ2) is 22.9. The summed E-state index contributed by atoms with van der Waals surface area (Å²) in [5.41, 5.74) is 5.05. The number of rotatable bonds is 0. The predicted molar refractivity (Wildman–Crippen MR) is 238 cm³/mol. The molecular formula is C52H73DyN2O3. The normalized spacial score (nSPS) is 11.7. The summed E-state index contributed by atoms with van der Waals surface area (Å²) in [6, 6.07) is 29.0. The van der Waals surface area contributed by atoms with Gasteiger partial charge in [0.1, 0.15) is 0 Å². The van der Waals surface area contributed by atoms with Gasteiger partial charge < -0.3 is 15.3 Å². The van der Waals surface area contributed by atoms with Gasteiger partial charge >= 0.3 is 38.2 Å². The number of para-hydroxylation sites is 3. The Morgan fingerprint density at radius 1 is 0.276 bits per heavy atom. The van der Waals surface area contributed by atoms with Crippen molar-refractivity contribution in [3.05, 3.63) is 149 Å². The van der Waals surface area contributed by atoms with Gasteiger partial charge in [0.25, 0.3) is 0 Å². The van der Waals surface area contributed by atoms with Gasteiger partial charge in [-0.15, -0.1) is 17.2 Å². The zero-order chi connectivity index (χ0) is 44.0. The van der Waals surface area contributed by atoms with E-state index in [1.165, 1.54) is 0 Å². The summed E-state index contributed by atoms with van der Waals surface area (Å²) in [6.45, 7) is 37.4. The summed E-state index contributed by atoms with van der Waals surface area (Å²) in [5.74, 6) is 0.618. The SMILES string of the molecule is CC(C)(C)c1cccc(C(C)(C)C)c1[O-].CC(C)(C)c1cccc(C(C)(C)C)c1[O-].CC(C)(C)c1cccc(C(C)(C)C)c1[O-].[Dy+3].c1ccncc1.c1ccncc1. The van der Waals surface area contributed by atoms with Gasteiger partial charge in [-0.05, 0) is 56.8 Å². The van der Waals surface area contributed by atoms with Crippen LogP contribution in [0.5, 0.6) is 17.2 Å². The summed E-state index contributed by atoms with van der Waals surface area (Å²) in [5, 5.41) is 36.8. The maximum atomic E-state index is 12.3. The third-order valence-corrected chi connectivity index (χ3v) is 9.03. The molecule has 2 aromatic heterocycles. The molecule has 3 aromatic carbocycles. The van der Waals surface area contributed by atoms with Crippen molar-refractivity contribution < 1.29 is 53.5 Å². The molecule has 0 fully saturated rings. The van der Waals surface area contributed by atoms with Gasteiger partial charge in [0.15, 0.2) is 0 Å². The van der Waals surface area contributed by atoms with Crippen molar-refractivity contribution >= 4 is 0 Å². The van der Waals surface area contributed by atoms with Crippen molar-refractivity contribution in [1.29, 1.82) is 0 Å². The molecule has 0 atom stereocenters. The third kappa shape index (κ3) is 18.7. The second-order valence-electron chi connectivity index (χ2n) is 20.6. The van der Waals surface area contributed by atoms with Crippen molar-refractivity contribution in [2.24, 2.45) is 0 Å². The topological polar surface area (TPSA) is 95.0 Å². The Morgan fingerprint density at radius 2 is 0.431 bits per heavy atom. The van der Waals surface area contributed by atoms with E-state index >= 15 is 0 Å². The Kier molecular flexibility index (Phi) is 21.5. The molecular weight excluding hydrogens is 863 g/mol. The van der Waals surface area contributed by atoms with Crippen LogP contribution in [0, 0.1) is 38.2 Å². The Bertz CT molecular complexity index is 1540. The zero-order valence-electron chi connectivity index (χ0n) is 38.9. The molecule has 0 amide bonds. The molecule has 0 aliphatic carbocycles. The van der Waals surface area contributed by atoms with Crippen LogP contribution in [0.3, 0.4) is 0 Å².